The summed E-state index contributed by atoms with van der Waals surface area (Å²) in [4.78, 5) is 22.7. The standard InChI is InChI=1S/C19H21ClN2O4/c1-3-4-11-22-19(20)16(13(2)21-22)9-10-17(23)14-5-7-15(8-6-14)26-12-18(24)25/h5-10H,3-4,11-12H2,1-2H3,(H,24,25)/p-1/b10-9+. The van der Waals surface area contributed by atoms with Crippen LogP contribution in [0.1, 0.15) is 41.4 Å². The van der Waals surface area contributed by atoms with Crippen LogP contribution in [-0.2, 0) is 11.3 Å². The molecule has 0 saturated heterocycles. The summed E-state index contributed by atoms with van der Waals surface area (Å²) in [5.41, 5.74) is 1.94. The molecule has 1 aromatic heterocycles. The molecule has 0 unspecified atom stereocenters. The molecule has 0 aliphatic rings. The molecule has 0 saturated carbocycles. The average Bonchev–Trinajstić information content (AvgIpc) is 2.89. The molecule has 0 bridgehead atoms. The monoisotopic (exact) mass is 375 g/mol. The van der Waals surface area contributed by atoms with Crippen LogP contribution < -0.4 is 9.84 Å². The number of hydrogen-bond acceptors (Lipinski definition) is 5. The lowest BCUT2D eigenvalue weighted by Crippen LogP contribution is -2.28. The van der Waals surface area contributed by atoms with E-state index in [0.717, 1.165) is 30.6 Å². The molecule has 2 aromatic rings. The fraction of sp³-hybridized carbons (Fsp3) is 0.316. The van der Waals surface area contributed by atoms with Crippen molar-refractivity contribution in [3.8, 4) is 5.75 Å². The smallest absolute Gasteiger partial charge is 0.185 e. The first kappa shape index (κ1) is 19.7. The molecule has 0 amide bonds. The van der Waals surface area contributed by atoms with Crippen molar-refractivity contribution < 1.29 is 19.4 Å². The first-order valence-electron chi connectivity index (χ1n) is 8.30. The number of unbranched alkanes of at least 4 members (excludes halogenated alkanes) is 1. The van der Waals surface area contributed by atoms with E-state index in [-0.39, 0.29) is 5.78 Å². The predicted octanol–water partition coefficient (Wildman–Crippen LogP) is 2.67. The SMILES string of the molecule is CCCCn1nc(C)c(/C=C/C(=O)c2ccc(OCC(=O)[O-])cc2)c1Cl. The van der Waals surface area contributed by atoms with Gasteiger partial charge in [-0.1, -0.05) is 24.9 Å². The number of allylic oxidation sites excluding steroid dienone is 1. The molecule has 0 spiro atoms. The van der Waals surface area contributed by atoms with Crippen molar-refractivity contribution in [3.05, 3.63) is 52.3 Å². The first-order chi connectivity index (χ1) is 12.4. The van der Waals surface area contributed by atoms with Crippen molar-refractivity contribution in [3.63, 3.8) is 0 Å². The highest BCUT2D eigenvalue weighted by molar-refractivity contribution is 6.31. The summed E-state index contributed by atoms with van der Waals surface area (Å²) in [7, 11) is 0. The van der Waals surface area contributed by atoms with Gasteiger partial charge >= 0.3 is 0 Å². The van der Waals surface area contributed by atoms with Crippen molar-refractivity contribution in [2.45, 2.75) is 33.2 Å². The van der Waals surface area contributed by atoms with Gasteiger partial charge in [-0.2, -0.15) is 5.10 Å². The Labute approximate surface area is 157 Å². The van der Waals surface area contributed by atoms with Crippen molar-refractivity contribution in [1.82, 2.24) is 9.78 Å². The summed E-state index contributed by atoms with van der Waals surface area (Å²) in [5, 5.41) is 15.3. The number of ketones is 1. The van der Waals surface area contributed by atoms with E-state index in [4.69, 9.17) is 16.3 Å². The fourth-order valence-electron chi connectivity index (χ4n) is 2.33. The van der Waals surface area contributed by atoms with Gasteiger partial charge in [0.2, 0.25) is 0 Å². The zero-order chi connectivity index (χ0) is 19.1. The lowest BCUT2D eigenvalue weighted by Gasteiger charge is -2.06. The molecule has 1 aromatic carbocycles. The summed E-state index contributed by atoms with van der Waals surface area (Å²) in [5.74, 6) is -1.15. The van der Waals surface area contributed by atoms with Crippen LogP contribution in [-0.4, -0.2) is 28.1 Å². The van der Waals surface area contributed by atoms with Gasteiger partial charge in [0.1, 0.15) is 17.5 Å². The van der Waals surface area contributed by atoms with Gasteiger partial charge in [-0.15, -0.1) is 0 Å². The number of rotatable bonds is 9. The molecule has 2 rings (SSSR count). The van der Waals surface area contributed by atoms with Gasteiger partial charge in [-0.25, -0.2) is 0 Å². The van der Waals surface area contributed by atoms with E-state index in [0.29, 0.717) is 16.5 Å². The third kappa shape index (κ3) is 5.20. The number of hydrogen-bond donors (Lipinski definition) is 0. The average molecular weight is 376 g/mol. The number of carboxylic acids is 1. The number of benzene rings is 1. The molecule has 0 atom stereocenters. The molecular weight excluding hydrogens is 356 g/mol. The molecule has 0 radical (unpaired) electrons. The zero-order valence-corrected chi connectivity index (χ0v) is 15.5. The van der Waals surface area contributed by atoms with Crippen LogP contribution in [0.15, 0.2) is 30.3 Å². The summed E-state index contributed by atoms with van der Waals surface area (Å²) >= 11 is 6.34. The maximum Gasteiger partial charge on any atom is 0.185 e. The van der Waals surface area contributed by atoms with Crippen molar-refractivity contribution in [1.29, 1.82) is 0 Å². The second-order valence-electron chi connectivity index (χ2n) is 5.75. The first-order valence-corrected chi connectivity index (χ1v) is 8.68. The highest BCUT2D eigenvalue weighted by atomic mass is 35.5. The lowest BCUT2D eigenvalue weighted by atomic mass is 10.1. The molecule has 6 nitrogen and oxygen atoms in total. The third-order valence-corrected chi connectivity index (χ3v) is 4.13. The van der Waals surface area contributed by atoms with Gasteiger partial charge in [0.15, 0.2) is 5.78 Å². The number of carboxylic acid groups (broad SMARTS) is 1. The second kappa shape index (κ2) is 9.20. The minimum atomic E-state index is -1.31. The van der Waals surface area contributed by atoms with Crippen LogP contribution in [0.5, 0.6) is 5.75 Å². The van der Waals surface area contributed by atoms with Crippen LogP contribution in [0.25, 0.3) is 6.08 Å². The molecule has 0 aliphatic heterocycles. The summed E-state index contributed by atoms with van der Waals surface area (Å²) < 4.78 is 6.72. The Balaban J connectivity index is 2.07. The van der Waals surface area contributed by atoms with E-state index in [2.05, 4.69) is 12.0 Å². The highest BCUT2D eigenvalue weighted by Gasteiger charge is 2.11. The molecule has 138 valence electrons. The van der Waals surface area contributed by atoms with E-state index in [1.54, 1.807) is 22.9 Å². The molecule has 0 fully saturated rings. The van der Waals surface area contributed by atoms with Gasteiger partial charge in [0, 0.05) is 17.7 Å². The van der Waals surface area contributed by atoms with Gasteiger partial charge in [0.25, 0.3) is 0 Å². The van der Waals surface area contributed by atoms with Crippen LogP contribution in [0.4, 0.5) is 0 Å². The maximum absolute atomic E-state index is 12.3. The van der Waals surface area contributed by atoms with E-state index < -0.39 is 12.6 Å². The van der Waals surface area contributed by atoms with Gasteiger partial charge < -0.3 is 14.6 Å². The Morgan fingerprint density at radius 1 is 1.31 bits per heavy atom. The Morgan fingerprint density at radius 3 is 2.62 bits per heavy atom. The van der Waals surface area contributed by atoms with Gasteiger partial charge in [-0.05, 0) is 49.8 Å². The van der Waals surface area contributed by atoms with Gasteiger partial charge in [0.05, 0.1) is 11.7 Å². The van der Waals surface area contributed by atoms with E-state index in [1.165, 1.54) is 18.2 Å². The molecule has 26 heavy (non-hydrogen) atoms. The number of ether oxygens (including phenoxy) is 1. The minimum absolute atomic E-state index is 0.201. The number of aromatic nitrogens is 2. The fourth-order valence-corrected chi connectivity index (χ4v) is 2.65. The Hall–Kier alpha value is -2.60. The predicted molar refractivity (Wildman–Crippen MR) is 97.2 cm³/mol. The van der Waals surface area contributed by atoms with Crippen molar-refractivity contribution in [2.24, 2.45) is 0 Å². The van der Waals surface area contributed by atoms with Crippen LogP contribution in [0.2, 0.25) is 5.15 Å². The molecule has 0 aliphatic carbocycles. The third-order valence-electron chi connectivity index (χ3n) is 3.73. The maximum atomic E-state index is 12.3. The minimum Gasteiger partial charge on any atom is -0.546 e. The molecule has 7 heteroatoms. The van der Waals surface area contributed by atoms with Crippen LogP contribution in [0, 0.1) is 6.92 Å². The van der Waals surface area contributed by atoms with Crippen molar-refractivity contribution in [2.75, 3.05) is 6.61 Å². The van der Waals surface area contributed by atoms with E-state index in [1.807, 2.05) is 6.92 Å². The second-order valence-corrected chi connectivity index (χ2v) is 6.11. The largest absolute Gasteiger partial charge is 0.546 e. The van der Waals surface area contributed by atoms with E-state index in [9.17, 15) is 14.7 Å². The van der Waals surface area contributed by atoms with Gasteiger partial charge in [-0.3, -0.25) is 9.48 Å². The molecule has 0 N–H and O–H groups in total. The Bertz CT molecular complexity index is 810. The van der Waals surface area contributed by atoms with Crippen LogP contribution in [0.3, 0.4) is 0 Å². The summed E-state index contributed by atoms with van der Waals surface area (Å²) in [6.45, 7) is 4.15. The highest BCUT2D eigenvalue weighted by Crippen LogP contribution is 2.22. The quantitative estimate of drug-likeness (QED) is 0.497. The molecule has 1 heterocycles. The molecular formula is C19H20ClN2O4-. The number of halogens is 1. The number of nitrogens with zero attached hydrogens (tertiary/aromatic N) is 2. The number of aliphatic carboxylic acids is 1. The lowest BCUT2D eigenvalue weighted by molar-refractivity contribution is -0.307. The van der Waals surface area contributed by atoms with E-state index >= 15 is 0 Å². The number of aryl methyl sites for hydroxylation is 2. The van der Waals surface area contributed by atoms with Crippen LogP contribution >= 0.6 is 11.6 Å². The summed E-state index contributed by atoms with van der Waals surface area (Å²) in [6, 6.07) is 6.20. The Morgan fingerprint density at radius 2 is 2.00 bits per heavy atom. The topological polar surface area (TPSA) is 84.2 Å². The number of carbonyl (C=O) groups is 2. The Kier molecular flexibility index (Phi) is 6.97. The normalized spacial score (nSPS) is 11.0. The number of carbonyl (C=O) groups excluding carboxylic acids is 2. The zero-order valence-electron chi connectivity index (χ0n) is 14.7. The summed E-state index contributed by atoms with van der Waals surface area (Å²) in [6.07, 6.45) is 5.13. The van der Waals surface area contributed by atoms with Crippen molar-refractivity contribution >= 4 is 29.4 Å².